The lowest BCUT2D eigenvalue weighted by molar-refractivity contribution is 0.152. The largest absolute Gasteiger partial charge is 0.396 e. The van der Waals surface area contributed by atoms with Crippen molar-refractivity contribution in [3.8, 4) is 0 Å². The highest BCUT2D eigenvalue weighted by molar-refractivity contribution is 5.07. The first kappa shape index (κ1) is 13.6. The summed E-state index contributed by atoms with van der Waals surface area (Å²) in [5, 5.41) is 13.1. The Kier molecular flexibility index (Phi) is 5.26. The van der Waals surface area contributed by atoms with Crippen LogP contribution >= 0.6 is 0 Å². The molecular weight excluding hydrogens is 224 g/mol. The molecule has 1 fully saturated rings. The van der Waals surface area contributed by atoms with Crippen molar-refractivity contribution >= 4 is 0 Å². The molecular formula is C15H26N2O. The standard InChI is InChI=1S/C15H26N2O/c1-2-9-17-10-5-7-14(17)11-16-15-8-4-3-6-13(15)12-18/h5,7,10,13,15-16,18H,2-4,6,8-9,11-12H2,1H3. The maximum absolute atomic E-state index is 9.41. The van der Waals surface area contributed by atoms with Crippen LogP contribution in [0.5, 0.6) is 0 Å². The fourth-order valence-electron chi connectivity index (χ4n) is 3.00. The summed E-state index contributed by atoms with van der Waals surface area (Å²) in [4.78, 5) is 0. The molecule has 0 spiro atoms. The van der Waals surface area contributed by atoms with E-state index in [0.717, 1.165) is 13.1 Å². The average Bonchev–Trinajstić information content (AvgIpc) is 2.84. The number of hydrogen-bond donors (Lipinski definition) is 2. The van der Waals surface area contributed by atoms with Crippen LogP contribution in [0.25, 0.3) is 0 Å². The lowest BCUT2D eigenvalue weighted by atomic mass is 9.85. The maximum Gasteiger partial charge on any atom is 0.0474 e. The predicted octanol–water partition coefficient (Wildman–Crippen LogP) is 2.54. The molecule has 1 aromatic rings. The summed E-state index contributed by atoms with van der Waals surface area (Å²) in [6.07, 6.45) is 8.28. The summed E-state index contributed by atoms with van der Waals surface area (Å²) in [6, 6.07) is 4.81. The molecule has 0 saturated heterocycles. The first-order chi connectivity index (χ1) is 8.85. The summed E-state index contributed by atoms with van der Waals surface area (Å²) in [7, 11) is 0. The van der Waals surface area contributed by atoms with Gasteiger partial charge in [-0.1, -0.05) is 19.8 Å². The van der Waals surface area contributed by atoms with Gasteiger partial charge in [0.1, 0.15) is 0 Å². The van der Waals surface area contributed by atoms with Gasteiger partial charge in [0.15, 0.2) is 0 Å². The van der Waals surface area contributed by atoms with Gasteiger partial charge in [-0.05, 0) is 37.3 Å². The lowest BCUT2D eigenvalue weighted by Gasteiger charge is -2.31. The van der Waals surface area contributed by atoms with E-state index in [0.29, 0.717) is 18.6 Å². The topological polar surface area (TPSA) is 37.2 Å². The molecule has 0 aromatic carbocycles. The van der Waals surface area contributed by atoms with Crippen molar-refractivity contribution in [2.75, 3.05) is 6.61 Å². The summed E-state index contributed by atoms with van der Waals surface area (Å²) in [5.74, 6) is 0.452. The molecule has 1 aliphatic rings. The van der Waals surface area contributed by atoms with E-state index in [2.05, 4.69) is 35.1 Å². The van der Waals surface area contributed by atoms with Crippen LogP contribution in [0.3, 0.4) is 0 Å². The van der Waals surface area contributed by atoms with Gasteiger partial charge in [0.25, 0.3) is 0 Å². The van der Waals surface area contributed by atoms with Crippen molar-refractivity contribution in [2.24, 2.45) is 5.92 Å². The third kappa shape index (κ3) is 3.36. The third-order valence-corrected chi connectivity index (χ3v) is 4.08. The second-order valence-electron chi connectivity index (χ2n) is 5.41. The zero-order valence-corrected chi connectivity index (χ0v) is 11.4. The fraction of sp³-hybridized carbons (Fsp3) is 0.733. The molecule has 3 heteroatoms. The number of rotatable bonds is 6. The van der Waals surface area contributed by atoms with Crippen molar-refractivity contribution in [1.29, 1.82) is 0 Å². The van der Waals surface area contributed by atoms with Gasteiger partial charge in [-0.15, -0.1) is 0 Å². The molecule has 0 bridgehead atoms. The van der Waals surface area contributed by atoms with Crippen LogP contribution in [0.4, 0.5) is 0 Å². The predicted molar refractivity (Wildman–Crippen MR) is 74.4 cm³/mol. The highest BCUT2D eigenvalue weighted by atomic mass is 16.3. The van der Waals surface area contributed by atoms with Crippen molar-refractivity contribution in [3.63, 3.8) is 0 Å². The second-order valence-corrected chi connectivity index (χ2v) is 5.41. The van der Waals surface area contributed by atoms with E-state index in [1.807, 2.05) is 0 Å². The summed E-state index contributed by atoms with van der Waals surface area (Å²) in [5.41, 5.74) is 1.36. The highest BCUT2D eigenvalue weighted by Crippen LogP contribution is 2.24. The molecule has 0 radical (unpaired) electrons. The Balaban J connectivity index is 1.87. The van der Waals surface area contributed by atoms with Crippen LogP contribution in [0.15, 0.2) is 18.3 Å². The molecule has 0 amide bonds. The molecule has 1 aliphatic carbocycles. The number of aryl methyl sites for hydroxylation is 1. The van der Waals surface area contributed by atoms with E-state index in [1.54, 1.807) is 0 Å². The maximum atomic E-state index is 9.41. The Labute approximate surface area is 110 Å². The van der Waals surface area contributed by atoms with Crippen molar-refractivity contribution < 1.29 is 5.11 Å². The van der Waals surface area contributed by atoms with Crippen LogP contribution in [-0.2, 0) is 13.1 Å². The Morgan fingerprint density at radius 3 is 3.00 bits per heavy atom. The monoisotopic (exact) mass is 250 g/mol. The Bertz CT molecular complexity index is 348. The summed E-state index contributed by atoms with van der Waals surface area (Å²) >= 11 is 0. The van der Waals surface area contributed by atoms with Gasteiger partial charge in [-0.3, -0.25) is 0 Å². The minimum absolute atomic E-state index is 0.327. The molecule has 1 saturated carbocycles. The van der Waals surface area contributed by atoms with Crippen LogP contribution < -0.4 is 5.32 Å². The SMILES string of the molecule is CCCn1cccc1CNC1CCCCC1CO. The van der Waals surface area contributed by atoms with Crippen molar-refractivity contribution in [2.45, 2.75) is 58.2 Å². The lowest BCUT2D eigenvalue weighted by Crippen LogP contribution is -2.40. The third-order valence-electron chi connectivity index (χ3n) is 4.08. The van der Waals surface area contributed by atoms with Crippen molar-refractivity contribution in [1.82, 2.24) is 9.88 Å². The minimum Gasteiger partial charge on any atom is -0.396 e. The molecule has 1 heterocycles. The van der Waals surface area contributed by atoms with E-state index in [9.17, 15) is 5.11 Å². The highest BCUT2D eigenvalue weighted by Gasteiger charge is 2.23. The fourth-order valence-corrected chi connectivity index (χ4v) is 3.00. The number of hydrogen-bond acceptors (Lipinski definition) is 2. The van der Waals surface area contributed by atoms with Crippen LogP contribution in [0, 0.1) is 5.92 Å². The smallest absolute Gasteiger partial charge is 0.0474 e. The van der Waals surface area contributed by atoms with E-state index in [1.165, 1.54) is 37.8 Å². The first-order valence-electron chi connectivity index (χ1n) is 7.33. The Morgan fingerprint density at radius 1 is 1.39 bits per heavy atom. The first-order valence-corrected chi connectivity index (χ1v) is 7.33. The molecule has 2 rings (SSSR count). The molecule has 2 N–H and O–H groups in total. The number of aliphatic hydroxyl groups is 1. The van der Waals surface area contributed by atoms with Crippen LogP contribution in [0.2, 0.25) is 0 Å². The zero-order chi connectivity index (χ0) is 12.8. The molecule has 0 aliphatic heterocycles. The van der Waals surface area contributed by atoms with E-state index in [4.69, 9.17) is 0 Å². The summed E-state index contributed by atoms with van der Waals surface area (Å²) < 4.78 is 2.32. The summed E-state index contributed by atoms with van der Waals surface area (Å²) in [6.45, 7) is 4.56. The van der Waals surface area contributed by atoms with Crippen molar-refractivity contribution in [3.05, 3.63) is 24.0 Å². The van der Waals surface area contributed by atoms with Gasteiger partial charge >= 0.3 is 0 Å². The van der Waals surface area contributed by atoms with E-state index >= 15 is 0 Å². The number of aliphatic hydroxyl groups excluding tert-OH is 1. The van der Waals surface area contributed by atoms with Gasteiger partial charge in [0.2, 0.25) is 0 Å². The molecule has 2 unspecified atom stereocenters. The zero-order valence-electron chi connectivity index (χ0n) is 11.4. The van der Waals surface area contributed by atoms with Gasteiger partial charge in [0, 0.05) is 37.6 Å². The quantitative estimate of drug-likeness (QED) is 0.814. The number of nitrogens with one attached hydrogen (secondary N) is 1. The van der Waals surface area contributed by atoms with E-state index in [-0.39, 0.29) is 0 Å². The minimum atomic E-state index is 0.327. The van der Waals surface area contributed by atoms with Gasteiger partial charge in [-0.2, -0.15) is 0 Å². The second kappa shape index (κ2) is 6.95. The molecule has 2 atom stereocenters. The number of aromatic nitrogens is 1. The Morgan fingerprint density at radius 2 is 2.22 bits per heavy atom. The molecule has 1 aromatic heterocycles. The normalized spacial score (nSPS) is 24.3. The Hall–Kier alpha value is -0.800. The van der Waals surface area contributed by atoms with Crippen LogP contribution in [0.1, 0.15) is 44.7 Å². The van der Waals surface area contributed by atoms with Gasteiger partial charge in [0.05, 0.1) is 0 Å². The van der Waals surface area contributed by atoms with E-state index < -0.39 is 0 Å². The van der Waals surface area contributed by atoms with Gasteiger partial charge in [-0.25, -0.2) is 0 Å². The molecule has 102 valence electrons. The average molecular weight is 250 g/mol. The van der Waals surface area contributed by atoms with Crippen LogP contribution in [-0.4, -0.2) is 22.3 Å². The molecule has 18 heavy (non-hydrogen) atoms. The number of nitrogens with zero attached hydrogens (tertiary/aromatic N) is 1. The molecule has 3 nitrogen and oxygen atoms in total. The van der Waals surface area contributed by atoms with Gasteiger partial charge < -0.3 is 15.0 Å².